The topological polar surface area (TPSA) is 46.8 Å². The summed E-state index contributed by atoms with van der Waals surface area (Å²) in [7, 11) is 0. The van der Waals surface area contributed by atoms with Crippen LogP contribution in [0.3, 0.4) is 0 Å². The van der Waals surface area contributed by atoms with Crippen molar-refractivity contribution in [1.82, 2.24) is 19.7 Å². The average Bonchev–Trinajstić information content (AvgIpc) is 3.26. The Morgan fingerprint density at radius 3 is 2.85 bits per heavy atom. The molecule has 4 heterocycles. The first-order valence-corrected chi connectivity index (χ1v) is 9.75. The number of aromatic nitrogens is 4. The Hall–Kier alpha value is -2.43. The highest BCUT2D eigenvalue weighted by Gasteiger charge is 2.29. The van der Waals surface area contributed by atoms with Crippen LogP contribution in [0.2, 0.25) is 0 Å². The molecule has 134 valence electrons. The molecule has 1 aromatic carbocycles. The van der Waals surface area contributed by atoms with E-state index in [4.69, 9.17) is 4.98 Å². The Morgan fingerprint density at radius 2 is 1.92 bits per heavy atom. The van der Waals surface area contributed by atoms with Crippen molar-refractivity contribution in [2.75, 3.05) is 18.0 Å². The molecule has 5 heteroatoms. The van der Waals surface area contributed by atoms with Gasteiger partial charge in [-0.3, -0.25) is 4.98 Å². The predicted octanol–water partition coefficient (Wildman–Crippen LogP) is 3.77. The van der Waals surface area contributed by atoms with Crippen molar-refractivity contribution in [2.45, 2.75) is 52.0 Å². The first-order valence-electron chi connectivity index (χ1n) is 9.75. The Bertz CT molecular complexity index is 974. The molecule has 0 saturated carbocycles. The summed E-state index contributed by atoms with van der Waals surface area (Å²) in [5.74, 6) is 2.85. The molecular weight excluding hydrogens is 322 g/mol. The van der Waals surface area contributed by atoms with Crippen LogP contribution < -0.4 is 4.90 Å². The first-order chi connectivity index (χ1) is 12.7. The van der Waals surface area contributed by atoms with Gasteiger partial charge in [-0.25, -0.2) is 0 Å². The number of hydrogen-bond donors (Lipinski definition) is 0. The van der Waals surface area contributed by atoms with E-state index in [0.29, 0.717) is 5.92 Å². The SMILES string of the molecule is Cc1nc2ccccc2c(N2CCC[C@@H](c3nnc4n3CCC4)C2)c1C. The molecule has 0 bridgehead atoms. The van der Waals surface area contributed by atoms with Crippen LogP contribution in [0.5, 0.6) is 0 Å². The molecule has 1 atom stereocenters. The smallest absolute Gasteiger partial charge is 0.137 e. The number of nitrogens with zero attached hydrogens (tertiary/aromatic N) is 5. The van der Waals surface area contributed by atoms with E-state index in [0.717, 1.165) is 37.3 Å². The van der Waals surface area contributed by atoms with Crippen LogP contribution in [0.4, 0.5) is 5.69 Å². The molecule has 26 heavy (non-hydrogen) atoms. The number of pyridine rings is 1. The molecule has 3 aromatic rings. The number of para-hydroxylation sites is 1. The van der Waals surface area contributed by atoms with E-state index in [1.807, 2.05) is 0 Å². The van der Waals surface area contributed by atoms with E-state index >= 15 is 0 Å². The van der Waals surface area contributed by atoms with Crippen molar-refractivity contribution in [1.29, 1.82) is 0 Å². The third-order valence-corrected chi connectivity index (χ3v) is 6.09. The highest BCUT2D eigenvalue weighted by Crippen LogP contribution is 2.36. The molecule has 5 nitrogen and oxygen atoms in total. The van der Waals surface area contributed by atoms with Crippen molar-refractivity contribution in [3.63, 3.8) is 0 Å². The number of anilines is 1. The fourth-order valence-electron chi connectivity index (χ4n) is 4.68. The largest absolute Gasteiger partial charge is 0.370 e. The van der Waals surface area contributed by atoms with Gasteiger partial charge in [-0.1, -0.05) is 18.2 Å². The van der Waals surface area contributed by atoms with Crippen molar-refractivity contribution >= 4 is 16.6 Å². The van der Waals surface area contributed by atoms with Crippen LogP contribution in [-0.4, -0.2) is 32.8 Å². The molecule has 0 radical (unpaired) electrons. The summed E-state index contributed by atoms with van der Waals surface area (Å²) < 4.78 is 2.37. The van der Waals surface area contributed by atoms with E-state index in [9.17, 15) is 0 Å². The lowest BCUT2D eigenvalue weighted by Crippen LogP contribution is -2.36. The molecule has 2 aliphatic heterocycles. The minimum atomic E-state index is 0.467. The van der Waals surface area contributed by atoms with Crippen LogP contribution in [0, 0.1) is 13.8 Å². The van der Waals surface area contributed by atoms with Crippen molar-refractivity contribution < 1.29 is 0 Å². The normalized spacial score (nSPS) is 19.9. The van der Waals surface area contributed by atoms with Gasteiger partial charge in [0.2, 0.25) is 0 Å². The molecule has 5 rings (SSSR count). The lowest BCUT2D eigenvalue weighted by Gasteiger charge is -2.36. The maximum absolute atomic E-state index is 4.79. The molecule has 1 fully saturated rings. The number of piperidine rings is 1. The van der Waals surface area contributed by atoms with Crippen LogP contribution in [-0.2, 0) is 13.0 Å². The average molecular weight is 347 g/mol. The summed E-state index contributed by atoms with van der Waals surface area (Å²) >= 11 is 0. The zero-order valence-corrected chi connectivity index (χ0v) is 15.6. The number of hydrogen-bond acceptors (Lipinski definition) is 4. The van der Waals surface area contributed by atoms with Crippen LogP contribution in [0.25, 0.3) is 10.9 Å². The van der Waals surface area contributed by atoms with Gasteiger partial charge in [0.05, 0.1) is 11.2 Å². The fourth-order valence-corrected chi connectivity index (χ4v) is 4.68. The fraction of sp³-hybridized carbons (Fsp3) is 0.476. The third-order valence-electron chi connectivity index (χ3n) is 6.09. The zero-order chi connectivity index (χ0) is 17.7. The lowest BCUT2D eigenvalue weighted by molar-refractivity contribution is 0.473. The van der Waals surface area contributed by atoms with Crippen molar-refractivity contribution in [2.24, 2.45) is 0 Å². The van der Waals surface area contributed by atoms with Gasteiger partial charge >= 0.3 is 0 Å². The Morgan fingerprint density at radius 1 is 1.04 bits per heavy atom. The molecule has 0 N–H and O–H groups in total. The van der Waals surface area contributed by atoms with Gasteiger partial charge in [-0.2, -0.15) is 0 Å². The molecule has 0 unspecified atom stereocenters. The summed E-state index contributed by atoms with van der Waals surface area (Å²) in [5, 5.41) is 10.3. The first kappa shape index (κ1) is 15.8. The molecule has 0 amide bonds. The van der Waals surface area contributed by atoms with Gasteiger partial charge in [-0.05, 0) is 44.7 Å². The van der Waals surface area contributed by atoms with E-state index < -0.39 is 0 Å². The van der Waals surface area contributed by atoms with Crippen LogP contribution in [0.15, 0.2) is 24.3 Å². The summed E-state index contributed by atoms with van der Waals surface area (Å²) in [6.45, 7) is 7.54. The van der Waals surface area contributed by atoms with Gasteiger partial charge < -0.3 is 9.47 Å². The van der Waals surface area contributed by atoms with E-state index in [1.165, 1.54) is 47.5 Å². The zero-order valence-electron chi connectivity index (χ0n) is 15.6. The highest BCUT2D eigenvalue weighted by atomic mass is 15.3. The maximum Gasteiger partial charge on any atom is 0.137 e. The van der Waals surface area contributed by atoms with Crippen molar-refractivity contribution in [3.05, 3.63) is 47.2 Å². The van der Waals surface area contributed by atoms with Gasteiger partial charge in [0.1, 0.15) is 11.6 Å². The van der Waals surface area contributed by atoms with Gasteiger partial charge in [-0.15, -0.1) is 10.2 Å². The summed E-state index contributed by atoms with van der Waals surface area (Å²) in [6.07, 6.45) is 4.69. The minimum Gasteiger partial charge on any atom is -0.370 e. The number of benzene rings is 1. The standard InChI is InChI=1S/C21H25N5/c1-14-15(2)22-18-9-4-3-8-17(18)20(14)25-11-5-7-16(13-25)21-24-23-19-10-6-12-26(19)21/h3-4,8-9,16H,5-7,10-13H2,1-2H3/t16-/m1/s1. The second-order valence-corrected chi connectivity index (χ2v) is 7.70. The third kappa shape index (κ3) is 2.41. The van der Waals surface area contributed by atoms with E-state index in [-0.39, 0.29) is 0 Å². The second-order valence-electron chi connectivity index (χ2n) is 7.70. The lowest BCUT2D eigenvalue weighted by atomic mass is 9.95. The second kappa shape index (κ2) is 6.08. The highest BCUT2D eigenvalue weighted by molar-refractivity contribution is 5.94. The Labute approximate surface area is 154 Å². The molecule has 1 saturated heterocycles. The number of fused-ring (bicyclic) bond motifs is 2. The molecule has 2 aromatic heterocycles. The number of aryl methyl sites for hydroxylation is 2. The maximum atomic E-state index is 4.79. The van der Waals surface area contributed by atoms with Crippen LogP contribution >= 0.6 is 0 Å². The molecule has 0 spiro atoms. The summed E-state index contributed by atoms with van der Waals surface area (Å²) in [4.78, 5) is 7.36. The van der Waals surface area contributed by atoms with E-state index in [1.54, 1.807) is 0 Å². The van der Waals surface area contributed by atoms with Crippen LogP contribution in [0.1, 0.15) is 48.1 Å². The van der Waals surface area contributed by atoms with Gasteiger partial charge in [0.15, 0.2) is 0 Å². The minimum absolute atomic E-state index is 0.467. The number of rotatable bonds is 2. The predicted molar refractivity (Wildman–Crippen MR) is 104 cm³/mol. The van der Waals surface area contributed by atoms with E-state index in [2.05, 4.69) is 57.8 Å². The van der Waals surface area contributed by atoms with Gasteiger partial charge in [0.25, 0.3) is 0 Å². The molecule has 0 aliphatic carbocycles. The summed E-state index contributed by atoms with van der Waals surface area (Å²) in [5.41, 5.74) is 4.88. The molecular formula is C21H25N5. The Balaban J connectivity index is 1.55. The van der Waals surface area contributed by atoms with Gasteiger partial charge in [0, 0.05) is 43.1 Å². The van der Waals surface area contributed by atoms with Crippen molar-refractivity contribution in [3.8, 4) is 0 Å². The quantitative estimate of drug-likeness (QED) is 0.708. The summed E-state index contributed by atoms with van der Waals surface area (Å²) in [6, 6.07) is 8.53. The Kier molecular flexibility index (Phi) is 3.69. The monoisotopic (exact) mass is 347 g/mol. The molecule has 2 aliphatic rings.